The molecule has 1 saturated carbocycles. The molecule has 0 aliphatic heterocycles. The summed E-state index contributed by atoms with van der Waals surface area (Å²) >= 11 is 0. The molecular weight excluding hydrogens is 238 g/mol. The summed E-state index contributed by atoms with van der Waals surface area (Å²) in [5.74, 6) is 1.72. The van der Waals surface area contributed by atoms with Crippen LogP contribution in [-0.4, -0.2) is 24.7 Å². The van der Waals surface area contributed by atoms with Crippen LogP contribution in [-0.2, 0) is 9.53 Å². The van der Waals surface area contributed by atoms with Crippen molar-refractivity contribution in [2.24, 2.45) is 11.8 Å². The van der Waals surface area contributed by atoms with Crippen molar-refractivity contribution in [3.8, 4) is 0 Å². The zero-order chi connectivity index (χ0) is 14.3. The molecular formula is C16H31NO2. The van der Waals surface area contributed by atoms with E-state index < -0.39 is 0 Å². The molecule has 1 aliphatic carbocycles. The van der Waals surface area contributed by atoms with Gasteiger partial charge in [-0.25, -0.2) is 0 Å². The van der Waals surface area contributed by atoms with E-state index in [1.54, 1.807) is 0 Å². The lowest BCUT2D eigenvalue weighted by molar-refractivity contribution is -0.154. The van der Waals surface area contributed by atoms with Crippen molar-refractivity contribution >= 4 is 5.97 Å². The first-order valence-corrected chi connectivity index (χ1v) is 7.79. The van der Waals surface area contributed by atoms with E-state index in [9.17, 15) is 4.79 Å². The van der Waals surface area contributed by atoms with Crippen LogP contribution in [0.25, 0.3) is 0 Å². The van der Waals surface area contributed by atoms with Crippen LogP contribution in [0.15, 0.2) is 0 Å². The summed E-state index contributed by atoms with van der Waals surface area (Å²) in [5.41, 5.74) is -0.365. The van der Waals surface area contributed by atoms with E-state index in [0.29, 0.717) is 6.42 Å². The lowest BCUT2D eigenvalue weighted by Gasteiger charge is -2.26. The summed E-state index contributed by atoms with van der Waals surface area (Å²) in [6, 6.07) is 0. The van der Waals surface area contributed by atoms with Crippen molar-refractivity contribution in [2.75, 3.05) is 13.1 Å². The lowest BCUT2D eigenvalue weighted by Crippen LogP contribution is -2.27. The van der Waals surface area contributed by atoms with Crippen molar-refractivity contribution in [2.45, 2.75) is 71.8 Å². The number of rotatable bonds is 6. The highest BCUT2D eigenvalue weighted by molar-refractivity contribution is 5.70. The Morgan fingerprint density at radius 3 is 2.37 bits per heavy atom. The Balaban J connectivity index is 1.98. The molecule has 1 N–H and O–H groups in total. The van der Waals surface area contributed by atoms with Crippen LogP contribution in [0.5, 0.6) is 0 Å². The van der Waals surface area contributed by atoms with Gasteiger partial charge in [-0.05, 0) is 45.6 Å². The Labute approximate surface area is 118 Å². The number of nitrogens with one attached hydrogen (secondary N) is 1. The highest BCUT2D eigenvalue weighted by Gasteiger charge is 2.18. The van der Waals surface area contributed by atoms with Gasteiger partial charge in [0.25, 0.3) is 0 Å². The van der Waals surface area contributed by atoms with Gasteiger partial charge in [-0.3, -0.25) is 4.79 Å². The Hall–Kier alpha value is -0.570. The molecule has 3 heteroatoms. The first-order valence-electron chi connectivity index (χ1n) is 7.79. The van der Waals surface area contributed by atoms with Crippen molar-refractivity contribution in [1.29, 1.82) is 0 Å². The fraction of sp³-hybridized carbons (Fsp3) is 0.938. The Bertz CT molecular complexity index is 262. The van der Waals surface area contributed by atoms with Gasteiger partial charge in [-0.1, -0.05) is 32.6 Å². The molecule has 0 aromatic carbocycles. The molecule has 0 amide bonds. The van der Waals surface area contributed by atoms with Gasteiger partial charge >= 0.3 is 5.97 Å². The van der Waals surface area contributed by atoms with Crippen LogP contribution >= 0.6 is 0 Å². The first-order chi connectivity index (χ1) is 8.87. The van der Waals surface area contributed by atoms with Crippen molar-refractivity contribution < 1.29 is 9.53 Å². The van der Waals surface area contributed by atoms with E-state index in [2.05, 4.69) is 12.2 Å². The third-order valence-electron chi connectivity index (χ3n) is 3.79. The molecule has 0 spiro atoms. The monoisotopic (exact) mass is 269 g/mol. The summed E-state index contributed by atoms with van der Waals surface area (Å²) in [4.78, 5) is 11.5. The first kappa shape index (κ1) is 16.5. The molecule has 1 rings (SSSR count). The topological polar surface area (TPSA) is 38.3 Å². The predicted octanol–water partition coefficient (Wildman–Crippen LogP) is 3.52. The molecule has 3 nitrogen and oxygen atoms in total. The molecule has 0 saturated heterocycles. The summed E-state index contributed by atoms with van der Waals surface area (Å²) in [5, 5.41) is 3.36. The van der Waals surface area contributed by atoms with Gasteiger partial charge < -0.3 is 10.1 Å². The molecule has 1 aliphatic rings. The second-order valence-electron chi connectivity index (χ2n) is 7.00. The summed E-state index contributed by atoms with van der Waals surface area (Å²) < 4.78 is 5.27. The molecule has 0 unspecified atom stereocenters. The van der Waals surface area contributed by atoms with Gasteiger partial charge in [-0.2, -0.15) is 0 Å². The van der Waals surface area contributed by atoms with Gasteiger partial charge in [0, 0.05) is 6.54 Å². The summed E-state index contributed by atoms with van der Waals surface area (Å²) in [6.45, 7) is 9.84. The average Bonchev–Trinajstić information content (AvgIpc) is 2.29. The molecule has 0 atom stereocenters. The molecule has 0 aromatic rings. The molecule has 112 valence electrons. The third-order valence-corrected chi connectivity index (χ3v) is 3.79. The molecule has 0 bridgehead atoms. The predicted molar refractivity (Wildman–Crippen MR) is 79.1 cm³/mol. The summed E-state index contributed by atoms with van der Waals surface area (Å²) in [6.07, 6.45) is 7.27. The maximum absolute atomic E-state index is 11.5. The normalized spacial score (nSPS) is 24.2. The SMILES string of the molecule is CC1CCC(CCNCCC(=O)OC(C)(C)C)CC1. The molecule has 1 fully saturated rings. The quantitative estimate of drug-likeness (QED) is 0.592. The number of hydrogen-bond donors (Lipinski definition) is 1. The second-order valence-corrected chi connectivity index (χ2v) is 7.00. The van der Waals surface area contributed by atoms with Gasteiger partial charge in [-0.15, -0.1) is 0 Å². The second kappa shape index (κ2) is 7.88. The zero-order valence-electron chi connectivity index (χ0n) is 13.1. The lowest BCUT2D eigenvalue weighted by atomic mass is 9.81. The fourth-order valence-electron chi connectivity index (χ4n) is 2.63. The standard InChI is InChI=1S/C16H31NO2/c1-13-5-7-14(8-6-13)9-11-17-12-10-15(18)19-16(2,3)4/h13-14,17H,5-12H2,1-4H3. The van der Waals surface area contributed by atoms with Crippen molar-refractivity contribution in [1.82, 2.24) is 5.32 Å². The smallest absolute Gasteiger partial charge is 0.307 e. The Morgan fingerprint density at radius 2 is 1.79 bits per heavy atom. The van der Waals surface area contributed by atoms with Gasteiger partial charge in [0.15, 0.2) is 0 Å². The number of carbonyl (C=O) groups is 1. The average molecular weight is 269 g/mol. The van der Waals surface area contributed by atoms with E-state index in [1.165, 1.54) is 32.1 Å². The zero-order valence-corrected chi connectivity index (χ0v) is 13.1. The largest absolute Gasteiger partial charge is 0.460 e. The number of ether oxygens (including phenoxy) is 1. The fourth-order valence-corrected chi connectivity index (χ4v) is 2.63. The Morgan fingerprint density at radius 1 is 1.16 bits per heavy atom. The minimum absolute atomic E-state index is 0.105. The van der Waals surface area contributed by atoms with E-state index in [4.69, 9.17) is 4.74 Å². The van der Waals surface area contributed by atoms with Crippen LogP contribution in [0.1, 0.15) is 66.2 Å². The van der Waals surface area contributed by atoms with Crippen LogP contribution in [0.3, 0.4) is 0 Å². The van der Waals surface area contributed by atoms with Gasteiger partial charge in [0.1, 0.15) is 5.60 Å². The van der Waals surface area contributed by atoms with Crippen LogP contribution in [0.2, 0.25) is 0 Å². The third kappa shape index (κ3) is 8.25. The molecule has 19 heavy (non-hydrogen) atoms. The maximum Gasteiger partial charge on any atom is 0.307 e. The van der Waals surface area contributed by atoms with Crippen LogP contribution in [0.4, 0.5) is 0 Å². The maximum atomic E-state index is 11.5. The summed E-state index contributed by atoms with van der Waals surface area (Å²) in [7, 11) is 0. The Kier molecular flexibility index (Phi) is 6.84. The van der Waals surface area contributed by atoms with Crippen molar-refractivity contribution in [3.63, 3.8) is 0 Å². The van der Waals surface area contributed by atoms with E-state index in [-0.39, 0.29) is 11.6 Å². The minimum Gasteiger partial charge on any atom is -0.460 e. The van der Waals surface area contributed by atoms with E-state index >= 15 is 0 Å². The number of hydrogen-bond acceptors (Lipinski definition) is 3. The number of esters is 1. The van der Waals surface area contributed by atoms with Crippen LogP contribution in [0, 0.1) is 11.8 Å². The highest BCUT2D eigenvalue weighted by Crippen LogP contribution is 2.29. The van der Waals surface area contributed by atoms with Gasteiger partial charge in [0.2, 0.25) is 0 Å². The van der Waals surface area contributed by atoms with E-state index in [0.717, 1.165) is 24.9 Å². The molecule has 0 heterocycles. The highest BCUT2D eigenvalue weighted by atomic mass is 16.6. The van der Waals surface area contributed by atoms with Gasteiger partial charge in [0.05, 0.1) is 6.42 Å². The van der Waals surface area contributed by atoms with Crippen LogP contribution < -0.4 is 5.32 Å². The molecule has 0 aromatic heterocycles. The van der Waals surface area contributed by atoms with Crippen molar-refractivity contribution in [3.05, 3.63) is 0 Å². The van der Waals surface area contributed by atoms with E-state index in [1.807, 2.05) is 20.8 Å². The molecule has 0 radical (unpaired) electrons. The minimum atomic E-state index is -0.365. The number of carbonyl (C=O) groups excluding carboxylic acids is 1.